The van der Waals surface area contributed by atoms with Gasteiger partial charge in [0.1, 0.15) is 6.23 Å². The summed E-state index contributed by atoms with van der Waals surface area (Å²) in [6.07, 6.45) is 2.16. The molecule has 0 amide bonds. The average Bonchev–Trinajstić information content (AvgIpc) is 2.42. The Morgan fingerprint density at radius 2 is 2.10 bits per heavy atom. The van der Waals surface area contributed by atoms with Crippen LogP contribution in [-0.4, -0.2) is 22.1 Å². The number of allylic oxidation sites excluding steroid dienone is 5. The first kappa shape index (κ1) is 13.3. The number of fused-ring (bicyclic) bond motifs is 1. The van der Waals surface area contributed by atoms with Crippen molar-refractivity contribution in [1.29, 1.82) is 0 Å². The molecule has 0 bridgehead atoms. The molecule has 21 heavy (non-hydrogen) atoms. The van der Waals surface area contributed by atoms with Gasteiger partial charge in [0.25, 0.3) is 0 Å². The zero-order valence-corrected chi connectivity index (χ0v) is 11.5. The number of Topliss-reactive ketones (excluding diaryl/α,β-unsaturated/α-hetero) is 1. The van der Waals surface area contributed by atoms with Crippen LogP contribution in [0.5, 0.6) is 0 Å². The number of aryl methyl sites for hydroxylation is 1. The summed E-state index contributed by atoms with van der Waals surface area (Å²) < 4.78 is 0. The van der Waals surface area contributed by atoms with Gasteiger partial charge in [0.15, 0.2) is 0 Å². The van der Waals surface area contributed by atoms with E-state index in [-0.39, 0.29) is 22.7 Å². The van der Waals surface area contributed by atoms with E-state index in [2.05, 4.69) is 23.5 Å². The second-order valence-electron chi connectivity index (χ2n) is 5.04. The third-order valence-electron chi connectivity index (χ3n) is 3.69. The van der Waals surface area contributed by atoms with Crippen LogP contribution in [0.15, 0.2) is 53.0 Å². The predicted octanol–water partition coefficient (Wildman–Crippen LogP) is 1.18. The molecule has 5 heteroatoms. The summed E-state index contributed by atoms with van der Waals surface area (Å²) in [6, 6.07) is 1.44. The van der Waals surface area contributed by atoms with Gasteiger partial charge in [-0.2, -0.15) is 0 Å². The number of carbonyl (C=O) groups is 1. The molecular formula is C16H14N2O3. The number of H-pyrrole nitrogens is 1. The summed E-state index contributed by atoms with van der Waals surface area (Å²) >= 11 is 0. The van der Waals surface area contributed by atoms with Crippen LogP contribution in [0, 0.1) is 6.92 Å². The van der Waals surface area contributed by atoms with E-state index in [0.29, 0.717) is 27.8 Å². The Balaban J connectivity index is 2.32. The first-order valence-electron chi connectivity index (χ1n) is 6.45. The van der Waals surface area contributed by atoms with Crippen LogP contribution in [-0.2, 0) is 0 Å². The Labute approximate surface area is 121 Å². The number of aromatic amines is 1. The molecule has 106 valence electrons. The lowest BCUT2D eigenvalue weighted by Crippen LogP contribution is -2.38. The van der Waals surface area contributed by atoms with Crippen molar-refractivity contribution in [2.75, 3.05) is 0 Å². The molecule has 1 atom stereocenters. The Morgan fingerprint density at radius 3 is 2.76 bits per heavy atom. The SMILES string of the molecule is C=CC1=CC(O)NC2=C1C(=C)c1c(C)cc(=O)[nH]c1C2=O. The Hall–Kier alpha value is -2.66. The van der Waals surface area contributed by atoms with E-state index in [9.17, 15) is 14.7 Å². The van der Waals surface area contributed by atoms with Crippen molar-refractivity contribution in [2.24, 2.45) is 0 Å². The van der Waals surface area contributed by atoms with E-state index in [0.717, 1.165) is 0 Å². The first-order chi connectivity index (χ1) is 9.93. The second-order valence-corrected chi connectivity index (χ2v) is 5.04. The summed E-state index contributed by atoms with van der Waals surface area (Å²) in [4.78, 5) is 26.8. The molecule has 1 aromatic rings. The molecule has 1 unspecified atom stereocenters. The Bertz CT molecular complexity index is 824. The third-order valence-corrected chi connectivity index (χ3v) is 3.69. The first-order valence-corrected chi connectivity index (χ1v) is 6.45. The van der Waals surface area contributed by atoms with Gasteiger partial charge in [-0.05, 0) is 29.7 Å². The molecule has 1 aliphatic carbocycles. The van der Waals surface area contributed by atoms with Gasteiger partial charge in [0.2, 0.25) is 11.3 Å². The van der Waals surface area contributed by atoms with Crippen molar-refractivity contribution in [3.05, 3.63) is 75.4 Å². The minimum Gasteiger partial charge on any atom is -0.370 e. The van der Waals surface area contributed by atoms with E-state index in [4.69, 9.17) is 0 Å². The summed E-state index contributed by atoms with van der Waals surface area (Å²) in [5.41, 5.74) is 3.30. The number of pyridine rings is 1. The number of rotatable bonds is 1. The number of aliphatic hydroxyl groups excluding tert-OH is 1. The molecule has 3 rings (SSSR count). The molecule has 2 heterocycles. The smallest absolute Gasteiger partial charge is 0.248 e. The van der Waals surface area contributed by atoms with Gasteiger partial charge in [-0.1, -0.05) is 19.2 Å². The van der Waals surface area contributed by atoms with Gasteiger partial charge in [0.05, 0.1) is 11.4 Å². The van der Waals surface area contributed by atoms with E-state index < -0.39 is 6.23 Å². The summed E-state index contributed by atoms with van der Waals surface area (Å²) in [6.45, 7) is 9.52. The standard InChI is InChI=1S/C16H14N2O3/c1-4-9-6-11(20)18-15-13(9)8(3)12-7(2)5-10(19)17-14(12)16(15)21/h4-6,11,18,20H,1,3H2,2H3,(H,17,19). The number of aliphatic hydroxyl groups is 1. The van der Waals surface area contributed by atoms with Gasteiger partial charge in [-0.15, -0.1) is 0 Å². The molecule has 3 N–H and O–H groups in total. The minimum atomic E-state index is -0.980. The zero-order chi connectivity index (χ0) is 15.3. The highest BCUT2D eigenvalue weighted by Gasteiger charge is 2.34. The number of nitrogens with one attached hydrogen (secondary N) is 2. The maximum absolute atomic E-state index is 12.6. The van der Waals surface area contributed by atoms with Gasteiger partial charge >= 0.3 is 0 Å². The molecule has 0 aromatic carbocycles. The monoisotopic (exact) mass is 282 g/mol. The predicted molar refractivity (Wildman–Crippen MR) is 79.6 cm³/mol. The van der Waals surface area contributed by atoms with Crippen molar-refractivity contribution in [3.63, 3.8) is 0 Å². The van der Waals surface area contributed by atoms with E-state index in [1.54, 1.807) is 19.1 Å². The van der Waals surface area contributed by atoms with E-state index >= 15 is 0 Å². The number of dihydropyridines is 1. The van der Waals surface area contributed by atoms with Gasteiger partial charge < -0.3 is 15.4 Å². The molecule has 1 aromatic heterocycles. The van der Waals surface area contributed by atoms with Crippen LogP contribution in [0.1, 0.15) is 21.6 Å². The highest BCUT2D eigenvalue weighted by atomic mass is 16.3. The van der Waals surface area contributed by atoms with E-state index in [1.165, 1.54) is 6.07 Å². The second kappa shape index (κ2) is 4.43. The van der Waals surface area contributed by atoms with Crippen LogP contribution in [0.4, 0.5) is 0 Å². The number of hydrogen-bond donors (Lipinski definition) is 3. The van der Waals surface area contributed by atoms with Crippen molar-refractivity contribution in [3.8, 4) is 0 Å². The highest BCUT2D eigenvalue weighted by molar-refractivity contribution is 6.17. The van der Waals surface area contributed by atoms with Gasteiger partial charge in [-0.25, -0.2) is 0 Å². The molecule has 0 fully saturated rings. The maximum Gasteiger partial charge on any atom is 0.248 e. The van der Waals surface area contributed by atoms with Crippen molar-refractivity contribution in [1.82, 2.24) is 10.3 Å². The Morgan fingerprint density at radius 1 is 1.38 bits per heavy atom. The van der Waals surface area contributed by atoms with Crippen molar-refractivity contribution < 1.29 is 9.90 Å². The molecule has 0 saturated heterocycles. The number of aromatic nitrogens is 1. The molecule has 2 aliphatic rings. The summed E-state index contributed by atoms with van der Waals surface area (Å²) in [5, 5.41) is 12.5. The Kier molecular flexibility index (Phi) is 2.81. The molecule has 5 nitrogen and oxygen atoms in total. The maximum atomic E-state index is 12.6. The van der Waals surface area contributed by atoms with Gasteiger partial charge in [-0.3, -0.25) is 9.59 Å². The molecule has 1 aliphatic heterocycles. The quantitative estimate of drug-likeness (QED) is 0.722. The lowest BCUT2D eigenvalue weighted by atomic mass is 9.80. The van der Waals surface area contributed by atoms with Crippen LogP contribution in [0.3, 0.4) is 0 Å². The summed E-state index contributed by atoms with van der Waals surface area (Å²) in [5.74, 6) is -0.361. The number of carbonyl (C=O) groups excluding carboxylic acids is 1. The van der Waals surface area contributed by atoms with Gasteiger partial charge in [0, 0.05) is 17.2 Å². The van der Waals surface area contributed by atoms with Crippen LogP contribution >= 0.6 is 0 Å². The summed E-state index contributed by atoms with van der Waals surface area (Å²) in [7, 11) is 0. The fourth-order valence-electron chi connectivity index (χ4n) is 2.83. The van der Waals surface area contributed by atoms with E-state index in [1.807, 2.05) is 0 Å². The lowest BCUT2D eigenvalue weighted by Gasteiger charge is -2.30. The number of ketones is 1. The largest absolute Gasteiger partial charge is 0.370 e. The van der Waals surface area contributed by atoms with Crippen LogP contribution < -0.4 is 10.9 Å². The molecule has 0 radical (unpaired) electrons. The average molecular weight is 282 g/mol. The van der Waals surface area contributed by atoms with Crippen LogP contribution in [0.2, 0.25) is 0 Å². The van der Waals surface area contributed by atoms with Crippen LogP contribution in [0.25, 0.3) is 5.57 Å². The number of hydrogen-bond acceptors (Lipinski definition) is 4. The minimum absolute atomic E-state index is 0.203. The topological polar surface area (TPSA) is 82.2 Å². The third kappa shape index (κ3) is 1.82. The zero-order valence-electron chi connectivity index (χ0n) is 11.5. The van der Waals surface area contributed by atoms with Crippen molar-refractivity contribution in [2.45, 2.75) is 13.2 Å². The fourth-order valence-corrected chi connectivity index (χ4v) is 2.83. The van der Waals surface area contributed by atoms with Crippen molar-refractivity contribution >= 4 is 11.4 Å². The highest BCUT2D eigenvalue weighted by Crippen LogP contribution is 2.39. The molecular weight excluding hydrogens is 268 g/mol. The molecule has 0 saturated carbocycles. The lowest BCUT2D eigenvalue weighted by molar-refractivity contribution is 0.0994. The normalized spacial score (nSPS) is 20.5. The molecule has 0 spiro atoms. The fraction of sp³-hybridized carbons (Fsp3) is 0.125.